The van der Waals surface area contributed by atoms with Gasteiger partial charge in [-0.15, -0.1) is 0 Å². The number of benzene rings is 1. The summed E-state index contributed by atoms with van der Waals surface area (Å²) >= 11 is 6.00. The Balaban J connectivity index is 1.88. The summed E-state index contributed by atoms with van der Waals surface area (Å²) in [5, 5.41) is 7.56. The summed E-state index contributed by atoms with van der Waals surface area (Å²) in [5.41, 5.74) is 7.31. The van der Waals surface area contributed by atoms with Crippen molar-refractivity contribution in [2.75, 3.05) is 0 Å². The molecule has 7 heteroatoms. The average Bonchev–Trinajstić information content (AvgIpc) is 3.19. The van der Waals surface area contributed by atoms with Crippen LogP contribution in [0.1, 0.15) is 40.1 Å². The SMILES string of the molecule is CCc1ccc(C=Nc2n[nH]c(Cc3cccc(Cl)c3)c2C(N)=O)o1. The number of aliphatic imine (C=N–C) groups is 1. The number of hydrogen-bond acceptors (Lipinski definition) is 4. The van der Waals surface area contributed by atoms with Gasteiger partial charge in [0.1, 0.15) is 17.1 Å². The lowest BCUT2D eigenvalue weighted by molar-refractivity contribution is 0.100. The van der Waals surface area contributed by atoms with Gasteiger partial charge in [0, 0.05) is 17.9 Å². The molecule has 3 rings (SSSR count). The van der Waals surface area contributed by atoms with Crippen LogP contribution in [0.25, 0.3) is 0 Å². The van der Waals surface area contributed by atoms with E-state index in [2.05, 4.69) is 15.2 Å². The number of carbonyl (C=O) groups is 1. The van der Waals surface area contributed by atoms with Crippen LogP contribution >= 0.6 is 11.6 Å². The molecule has 2 heterocycles. The molecule has 0 saturated carbocycles. The van der Waals surface area contributed by atoms with Gasteiger partial charge in [-0.1, -0.05) is 30.7 Å². The van der Waals surface area contributed by atoms with Gasteiger partial charge in [-0.25, -0.2) is 4.99 Å². The minimum absolute atomic E-state index is 0.235. The summed E-state index contributed by atoms with van der Waals surface area (Å²) in [6.07, 6.45) is 2.76. The van der Waals surface area contributed by atoms with Gasteiger partial charge in [-0.05, 0) is 29.8 Å². The zero-order valence-electron chi connectivity index (χ0n) is 13.6. The van der Waals surface area contributed by atoms with Crippen molar-refractivity contribution in [3.63, 3.8) is 0 Å². The number of aromatic nitrogens is 2. The summed E-state index contributed by atoms with van der Waals surface area (Å²) in [6.45, 7) is 2.00. The van der Waals surface area contributed by atoms with E-state index in [1.54, 1.807) is 6.07 Å². The third kappa shape index (κ3) is 3.97. The molecule has 0 atom stereocenters. The zero-order valence-corrected chi connectivity index (χ0v) is 14.4. The maximum Gasteiger partial charge on any atom is 0.254 e. The molecular formula is C18H17ClN4O2. The first-order chi connectivity index (χ1) is 12.1. The van der Waals surface area contributed by atoms with Gasteiger partial charge in [0.25, 0.3) is 5.91 Å². The standard InChI is InChI=1S/C18H17ClN4O2/c1-2-13-6-7-14(25-13)10-21-18-16(17(20)24)15(22-23-18)9-11-4-3-5-12(19)8-11/h3-8,10H,2,9H2,1H3,(H2,20,24)(H,22,23). The summed E-state index contributed by atoms with van der Waals surface area (Å²) in [5.74, 6) is 1.09. The van der Waals surface area contributed by atoms with Crippen molar-refractivity contribution in [1.29, 1.82) is 0 Å². The van der Waals surface area contributed by atoms with Crippen LogP contribution in [-0.4, -0.2) is 22.3 Å². The second-order valence-corrected chi connectivity index (χ2v) is 5.92. The van der Waals surface area contributed by atoms with Crippen LogP contribution in [0.4, 0.5) is 5.82 Å². The van der Waals surface area contributed by atoms with Crippen LogP contribution < -0.4 is 5.73 Å². The van der Waals surface area contributed by atoms with Crippen molar-refractivity contribution < 1.29 is 9.21 Å². The highest BCUT2D eigenvalue weighted by Crippen LogP contribution is 2.23. The summed E-state index contributed by atoms with van der Waals surface area (Å²) in [6, 6.07) is 11.1. The lowest BCUT2D eigenvalue weighted by atomic mass is 10.1. The summed E-state index contributed by atoms with van der Waals surface area (Å²) in [4.78, 5) is 16.1. The number of nitrogens with zero attached hydrogens (tertiary/aromatic N) is 2. The minimum atomic E-state index is -0.591. The number of aromatic amines is 1. The maximum absolute atomic E-state index is 11.9. The molecular weight excluding hydrogens is 340 g/mol. The molecule has 2 aromatic heterocycles. The fourth-order valence-electron chi connectivity index (χ4n) is 2.48. The quantitative estimate of drug-likeness (QED) is 0.659. The van der Waals surface area contributed by atoms with E-state index in [0.717, 1.165) is 17.7 Å². The van der Waals surface area contributed by atoms with E-state index in [1.807, 2.05) is 37.3 Å². The van der Waals surface area contributed by atoms with Crippen molar-refractivity contribution in [2.24, 2.45) is 10.7 Å². The Kier molecular flexibility index (Phi) is 5.00. The Labute approximate surface area is 149 Å². The van der Waals surface area contributed by atoms with Crippen molar-refractivity contribution in [3.8, 4) is 0 Å². The number of amides is 1. The molecule has 0 aliphatic carbocycles. The van der Waals surface area contributed by atoms with E-state index in [1.165, 1.54) is 6.21 Å². The second kappa shape index (κ2) is 7.36. The normalized spacial score (nSPS) is 11.3. The fourth-order valence-corrected chi connectivity index (χ4v) is 2.69. The van der Waals surface area contributed by atoms with Gasteiger partial charge in [0.2, 0.25) is 0 Å². The number of hydrogen-bond donors (Lipinski definition) is 2. The second-order valence-electron chi connectivity index (χ2n) is 5.49. The number of nitrogens with two attached hydrogens (primary N) is 1. The molecule has 0 fully saturated rings. The Morgan fingerprint density at radius 3 is 2.92 bits per heavy atom. The van der Waals surface area contributed by atoms with Crippen LogP contribution in [0.5, 0.6) is 0 Å². The number of halogens is 1. The average molecular weight is 357 g/mol. The van der Waals surface area contributed by atoms with Crippen LogP contribution in [0.15, 0.2) is 45.8 Å². The summed E-state index contributed by atoms with van der Waals surface area (Å²) < 4.78 is 5.55. The van der Waals surface area contributed by atoms with Crippen LogP contribution in [0.2, 0.25) is 5.02 Å². The van der Waals surface area contributed by atoms with Crippen molar-refractivity contribution in [3.05, 3.63) is 69.8 Å². The van der Waals surface area contributed by atoms with Gasteiger partial charge in [0.05, 0.1) is 11.9 Å². The van der Waals surface area contributed by atoms with E-state index < -0.39 is 5.91 Å². The zero-order chi connectivity index (χ0) is 17.8. The number of furan rings is 1. The molecule has 25 heavy (non-hydrogen) atoms. The van der Waals surface area contributed by atoms with Crippen LogP contribution in [0, 0.1) is 0 Å². The minimum Gasteiger partial charge on any atom is -0.460 e. The first kappa shape index (κ1) is 17.0. The highest BCUT2D eigenvalue weighted by molar-refractivity contribution is 6.30. The molecule has 0 unspecified atom stereocenters. The first-order valence-electron chi connectivity index (χ1n) is 7.81. The van der Waals surface area contributed by atoms with Crippen molar-refractivity contribution in [2.45, 2.75) is 19.8 Å². The van der Waals surface area contributed by atoms with Gasteiger partial charge in [-0.2, -0.15) is 5.10 Å². The van der Waals surface area contributed by atoms with Gasteiger partial charge in [-0.3, -0.25) is 9.89 Å². The Morgan fingerprint density at radius 2 is 2.24 bits per heavy atom. The molecule has 3 aromatic rings. The maximum atomic E-state index is 11.9. The molecule has 0 bridgehead atoms. The van der Waals surface area contributed by atoms with Crippen molar-refractivity contribution >= 4 is 29.5 Å². The monoisotopic (exact) mass is 356 g/mol. The number of aryl methyl sites for hydroxylation is 1. The van der Waals surface area contributed by atoms with Gasteiger partial charge < -0.3 is 10.2 Å². The van der Waals surface area contributed by atoms with E-state index in [9.17, 15) is 4.79 Å². The van der Waals surface area contributed by atoms with E-state index in [0.29, 0.717) is 22.9 Å². The molecule has 6 nitrogen and oxygen atoms in total. The number of carbonyl (C=O) groups excluding carboxylic acids is 1. The largest absolute Gasteiger partial charge is 0.460 e. The predicted octanol–water partition coefficient (Wildman–Crippen LogP) is 3.66. The molecule has 3 N–H and O–H groups in total. The molecule has 1 amide bonds. The van der Waals surface area contributed by atoms with Gasteiger partial charge >= 0.3 is 0 Å². The molecule has 0 aliphatic rings. The van der Waals surface area contributed by atoms with E-state index >= 15 is 0 Å². The lowest BCUT2D eigenvalue weighted by Gasteiger charge is -2.02. The Bertz CT molecular complexity index is 927. The number of H-pyrrole nitrogens is 1. The Morgan fingerprint density at radius 1 is 1.40 bits per heavy atom. The number of rotatable bonds is 6. The molecule has 0 saturated heterocycles. The molecule has 1 aromatic carbocycles. The third-order valence-corrected chi connectivity index (χ3v) is 3.92. The lowest BCUT2D eigenvalue weighted by Crippen LogP contribution is -2.13. The number of primary amides is 1. The van der Waals surface area contributed by atoms with Crippen LogP contribution in [-0.2, 0) is 12.8 Å². The highest BCUT2D eigenvalue weighted by atomic mass is 35.5. The van der Waals surface area contributed by atoms with Gasteiger partial charge in [0.15, 0.2) is 5.82 Å². The molecule has 0 aliphatic heterocycles. The van der Waals surface area contributed by atoms with E-state index in [-0.39, 0.29) is 11.4 Å². The Hall–Kier alpha value is -2.86. The molecule has 0 radical (unpaired) electrons. The van der Waals surface area contributed by atoms with Crippen LogP contribution in [0.3, 0.4) is 0 Å². The molecule has 128 valence electrons. The topological polar surface area (TPSA) is 97.3 Å². The first-order valence-corrected chi connectivity index (χ1v) is 8.19. The smallest absolute Gasteiger partial charge is 0.254 e. The van der Waals surface area contributed by atoms with E-state index in [4.69, 9.17) is 21.8 Å². The predicted molar refractivity (Wildman–Crippen MR) is 96.7 cm³/mol. The highest BCUT2D eigenvalue weighted by Gasteiger charge is 2.18. The molecule has 0 spiro atoms. The fraction of sp³-hybridized carbons (Fsp3) is 0.167. The third-order valence-electron chi connectivity index (χ3n) is 3.68. The van der Waals surface area contributed by atoms with Crippen molar-refractivity contribution in [1.82, 2.24) is 10.2 Å². The summed E-state index contributed by atoms with van der Waals surface area (Å²) in [7, 11) is 0. The number of nitrogens with one attached hydrogen (secondary N) is 1.